The van der Waals surface area contributed by atoms with Crippen molar-refractivity contribution in [2.24, 2.45) is 0 Å². The summed E-state index contributed by atoms with van der Waals surface area (Å²) in [7, 11) is 0. The van der Waals surface area contributed by atoms with Gasteiger partial charge >= 0.3 is 12.1 Å². The number of rotatable bonds is 4. The van der Waals surface area contributed by atoms with Gasteiger partial charge in [0.1, 0.15) is 0 Å². The number of benzene rings is 2. The molecule has 0 aliphatic carbocycles. The zero-order valence-corrected chi connectivity index (χ0v) is 13.5. The fourth-order valence-electron chi connectivity index (χ4n) is 1.98. The monoisotopic (exact) mass is 362 g/mol. The molecule has 0 aliphatic heterocycles. The standard InChI is InChI=1S/C18H13F3N2O3/c1-11(16(24)23-15-7-5-12(10-22)6-8-15)26-17(25)13-3-2-4-14(9-13)18(19,20)21/h2-9,11H,1H3,(H,23,24)/t11-/m1/s1. The molecule has 0 heterocycles. The summed E-state index contributed by atoms with van der Waals surface area (Å²) in [6.07, 6.45) is -5.82. The van der Waals surface area contributed by atoms with Gasteiger partial charge in [0.25, 0.3) is 5.91 Å². The van der Waals surface area contributed by atoms with E-state index >= 15 is 0 Å². The maximum Gasteiger partial charge on any atom is 0.416 e. The van der Waals surface area contributed by atoms with E-state index in [1.165, 1.54) is 37.3 Å². The Kier molecular flexibility index (Phi) is 5.62. The second kappa shape index (κ2) is 7.70. The van der Waals surface area contributed by atoms with Crippen LogP contribution >= 0.6 is 0 Å². The topological polar surface area (TPSA) is 79.2 Å². The second-order valence-electron chi connectivity index (χ2n) is 5.30. The number of amides is 1. The van der Waals surface area contributed by atoms with Gasteiger partial charge in [-0.2, -0.15) is 18.4 Å². The third kappa shape index (κ3) is 4.83. The average molecular weight is 362 g/mol. The van der Waals surface area contributed by atoms with Crippen LogP contribution in [0.2, 0.25) is 0 Å². The van der Waals surface area contributed by atoms with E-state index in [2.05, 4.69) is 5.32 Å². The Labute approximate surface area is 147 Å². The number of hydrogen-bond acceptors (Lipinski definition) is 4. The number of hydrogen-bond donors (Lipinski definition) is 1. The summed E-state index contributed by atoms with van der Waals surface area (Å²) in [5.74, 6) is -1.70. The number of esters is 1. The predicted octanol–water partition coefficient (Wildman–Crippen LogP) is 3.76. The molecule has 0 fully saturated rings. The van der Waals surface area contributed by atoms with Crippen LogP contribution in [0.15, 0.2) is 48.5 Å². The first kappa shape index (κ1) is 19.0. The van der Waals surface area contributed by atoms with Gasteiger partial charge < -0.3 is 10.1 Å². The number of nitrogens with one attached hydrogen (secondary N) is 1. The van der Waals surface area contributed by atoms with Gasteiger partial charge in [0.2, 0.25) is 0 Å². The molecule has 134 valence electrons. The van der Waals surface area contributed by atoms with E-state index in [4.69, 9.17) is 10.00 Å². The van der Waals surface area contributed by atoms with Crippen molar-refractivity contribution in [2.75, 3.05) is 5.32 Å². The first-order valence-electron chi connectivity index (χ1n) is 7.40. The van der Waals surface area contributed by atoms with Crippen molar-refractivity contribution in [3.8, 4) is 6.07 Å². The normalized spacial score (nSPS) is 12.0. The van der Waals surface area contributed by atoms with Crippen LogP contribution in [0.5, 0.6) is 0 Å². The Morgan fingerprint density at radius 2 is 1.81 bits per heavy atom. The molecule has 0 saturated carbocycles. The molecule has 0 bridgehead atoms. The Balaban J connectivity index is 2.02. The van der Waals surface area contributed by atoms with Gasteiger partial charge in [0, 0.05) is 5.69 Å². The first-order valence-corrected chi connectivity index (χ1v) is 7.40. The van der Waals surface area contributed by atoms with Crippen LogP contribution in [0.1, 0.15) is 28.4 Å². The molecule has 1 amide bonds. The predicted molar refractivity (Wildman–Crippen MR) is 86.1 cm³/mol. The maximum atomic E-state index is 12.7. The van der Waals surface area contributed by atoms with E-state index in [0.29, 0.717) is 17.3 Å². The van der Waals surface area contributed by atoms with Crippen LogP contribution in [-0.2, 0) is 15.7 Å². The molecule has 0 unspecified atom stereocenters. The number of nitriles is 1. The van der Waals surface area contributed by atoms with Crippen LogP contribution in [0.4, 0.5) is 18.9 Å². The lowest BCUT2D eigenvalue weighted by molar-refractivity contribution is -0.137. The van der Waals surface area contributed by atoms with Crippen LogP contribution in [0, 0.1) is 11.3 Å². The van der Waals surface area contributed by atoms with E-state index < -0.39 is 29.7 Å². The molecule has 2 aromatic carbocycles. The highest BCUT2D eigenvalue weighted by Crippen LogP contribution is 2.29. The first-order chi connectivity index (χ1) is 12.2. The molecule has 1 N–H and O–H groups in total. The third-order valence-corrected chi connectivity index (χ3v) is 3.36. The SMILES string of the molecule is C[C@@H](OC(=O)c1cccc(C(F)(F)F)c1)C(=O)Nc1ccc(C#N)cc1. The second-order valence-corrected chi connectivity index (χ2v) is 5.30. The zero-order valence-electron chi connectivity index (χ0n) is 13.5. The van der Waals surface area contributed by atoms with Gasteiger partial charge in [-0.25, -0.2) is 4.79 Å². The highest BCUT2D eigenvalue weighted by Gasteiger charge is 2.31. The number of halogens is 3. The summed E-state index contributed by atoms with van der Waals surface area (Å²) in [5.41, 5.74) is -0.498. The largest absolute Gasteiger partial charge is 0.449 e. The number of carbonyl (C=O) groups is 2. The van der Waals surface area contributed by atoms with Gasteiger partial charge in [-0.15, -0.1) is 0 Å². The van der Waals surface area contributed by atoms with Crippen LogP contribution in [0.3, 0.4) is 0 Å². The van der Waals surface area contributed by atoms with Crippen molar-refractivity contribution in [3.05, 3.63) is 65.2 Å². The minimum absolute atomic E-state index is 0.308. The number of nitrogens with zero attached hydrogens (tertiary/aromatic N) is 1. The zero-order chi connectivity index (χ0) is 19.3. The molecule has 5 nitrogen and oxygen atoms in total. The van der Waals surface area contributed by atoms with E-state index in [9.17, 15) is 22.8 Å². The van der Waals surface area contributed by atoms with Crippen LogP contribution < -0.4 is 5.32 Å². The average Bonchev–Trinajstić information content (AvgIpc) is 2.61. The Morgan fingerprint density at radius 3 is 2.38 bits per heavy atom. The van der Waals surface area contributed by atoms with E-state index in [0.717, 1.165) is 12.1 Å². The van der Waals surface area contributed by atoms with Crippen molar-refractivity contribution < 1.29 is 27.5 Å². The molecule has 0 saturated heterocycles. The van der Waals surface area contributed by atoms with Crippen molar-refractivity contribution in [1.29, 1.82) is 5.26 Å². The summed E-state index contributed by atoms with van der Waals surface area (Å²) >= 11 is 0. The lowest BCUT2D eigenvalue weighted by Gasteiger charge is -2.14. The van der Waals surface area contributed by atoms with Crippen molar-refractivity contribution >= 4 is 17.6 Å². The lowest BCUT2D eigenvalue weighted by atomic mass is 10.1. The molecule has 8 heteroatoms. The highest BCUT2D eigenvalue weighted by atomic mass is 19.4. The molecular weight excluding hydrogens is 349 g/mol. The quantitative estimate of drug-likeness (QED) is 0.840. The Morgan fingerprint density at radius 1 is 1.15 bits per heavy atom. The smallest absolute Gasteiger partial charge is 0.416 e. The van der Waals surface area contributed by atoms with E-state index in [1.807, 2.05) is 6.07 Å². The van der Waals surface area contributed by atoms with Crippen molar-refractivity contribution in [1.82, 2.24) is 0 Å². The minimum atomic E-state index is -4.59. The summed E-state index contributed by atoms with van der Waals surface area (Å²) in [6, 6.07) is 11.7. The summed E-state index contributed by atoms with van der Waals surface area (Å²) < 4.78 is 43.0. The van der Waals surface area contributed by atoms with Gasteiger partial charge in [0.05, 0.1) is 22.8 Å². The van der Waals surface area contributed by atoms with Gasteiger partial charge in [-0.3, -0.25) is 4.79 Å². The van der Waals surface area contributed by atoms with Crippen LogP contribution in [0.25, 0.3) is 0 Å². The molecule has 2 rings (SSSR count). The van der Waals surface area contributed by atoms with Gasteiger partial charge in [-0.1, -0.05) is 6.07 Å². The Hall–Kier alpha value is -3.34. The molecule has 26 heavy (non-hydrogen) atoms. The molecule has 2 aromatic rings. The maximum absolute atomic E-state index is 12.7. The molecule has 0 radical (unpaired) electrons. The van der Waals surface area contributed by atoms with Crippen molar-refractivity contribution in [3.63, 3.8) is 0 Å². The fraction of sp³-hybridized carbons (Fsp3) is 0.167. The number of ether oxygens (including phenoxy) is 1. The number of alkyl halides is 3. The van der Waals surface area contributed by atoms with Crippen LogP contribution in [-0.4, -0.2) is 18.0 Å². The van der Waals surface area contributed by atoms with E-state index in [1.54, 1.807) is 0 Å². The highest BCUT2D eigenvalue weighted by molar-refractivity contribution is 5.97. The molecule has 0 aliphatic rings. The molecule has 1 atom stereocenters. The molecule has 0 spiro atoms. The third-order valence-electron chi connectivity index (χ3n) is 3.36. The number of anilines is 1. The Bertz CT molecular complexity index is 855. The molecular formula is C18H13F3N2O3. The fourth-order valence-corrected chi connectivity index (χ4v) is 1.98. The lowest BCUT2D eigenvalue weighted by Crippen LogP contribution is -2.30. The summed E-state index contributed by atoms with van der Waals surface area (Å²) in [5, 5.41) is 11.2. The molecule has 0 aromatic heterocycles. The van der Waals surface area contributed by atoms with Gasteiger partial charge in [-0.05, 0) is 49.4 Å². The van der Waals surface area contributed by atoms with Gasteiger partial charge in [0.15, 0.2) is 6.10 Å². The summed E-state index contributed by atoms with van der Waals surface area (Å²) in [6.45, 7) is 1.30. The number of carbonyl (C=O) groups excluding carboxylic acids is 2. The van der Waals surface area contributed by atoms with Crippen molar-refractivity contribution in [2.45, 2.75) is 19.2 Å². The van der Waals surface area contributed by atoms with E-state index in [-0.39, 0.29) is 5.56 Å². The summed E-state index contributed by atoms with van der Waals surface area (Å²) in [4.78, 5) is 24.0. The minimum Gasteiger partial charge on any atom is -0.449 e.